The Kier molecular flexibility index (Phi) is 14.4. The molecule has 14 heteroatoms. The van der Waals surface area contributed by atoms with Crippen LogP contribution in [0.25, 0.3) is 0 Å². The van der Waals surface area contributed by atoms with Crippen LogP contribution in [0.4, 0.5) is 24.5 Å². The van der Waals surface area contributed by atoms with Gasteiger partial charge >= 0.3 is 0 Å². The Bertz CT molecular complexity index is 2010. The van der Waals surface area contributed by atoms with Crippen molar-refractivity contribution in [1.29, 1.82) is 5.26 Å². The van der Waals surface area contributed by atoms with Crippen molar-refractivity contribution in [3.63, 3.8) is 0 Å². The third kappa shape index (κ3) is 9.96. The number of nitrogens with two attached hydrogens (primary N) is 1. The van der Waals surface area contributed by atoms with E-state index in [1.165, 1.54) is 23.3 Å². The summed E-state index contributed by atoms with van der Waals surface area (Å²) in [7, 11) is 1.99. The van der Waals surface area contributed by atoms with Crippen molar-refractivity contribution in [3.8, 4) is 6.26 Å². The van der Waals surface area contributed by atoms with Gasteiger partial charge in [-0.1, -0.05) is 32.2 Å². The summed E-state index contributed by atoms with van der Waals surface area (Å²) < 4.78 is 49.3. The number of ether oxygens (including phenoxy) is 1. The van der Waals surface area contributed by atoms with Crippen LogP contribution in [-0.4, -0.2) is 92.1 Å². The maximum atomic E-state index is 15.2. The minimum atomic E-state index is -0.784. The Labute approximate surface area is 334 Å². The quantitative estimate of drug-likeness (QED) is 0.0960. The van der Waals surface area contributed by atoms with Gasteiger partial charge in [0.05, 0.1) is 31.0 Å². The van der Waals surface area contributed by atoms with E-state index in [1.807, 2.05) is 44.2 Å². The molecule has 3 heterocycles. The number of hydrazone groups is 1. The summed E-state index contributed by atoms with van der Waals surface area (Å²) in [5.74, 6) is -0.889. The second-order valence-corrected chi connectivity index (χ2v) is 14.6. The smallest absolute Gasteiger partial charge is 0.286 e. The molecule has 3 aliphatic heterocycles. The van der Waals surface area contributed by atoms with Gasteiger partial charge in [-0.05, 0) is 93.4 Å². The minimum Gasteiger partial charge on any atom is -0.422 e. The van der Waals surface area contributed by atoms with E-state index in [9.17, 15) is 14.0 Å². The number of allylic oxidation sites excluding steroid dienone is 4. The molecular formula is C43H53F3N10O. The van der Waals surface area contributed by atoms with Crippen molar-refractivity contribution in [2.75, 3.05) is 56.3 Å². The molecule has 2 N–H and O–H groups in total. The molecule has 302 valence electrons. The maximum absolute atomic E-state index is 15.2. The molecule has 2 saturated heterocycles. The molecule has 3 unspecified atom stereocenters. The van der Waals surface area contributed by atoms with Gasteiger partial charge in [0.15, 0.2) is 11.7 Å². The van der Waals surface area contributed by atoms with Gasteiger partial charge in [0, 0.05) is 62.8 Å². The van der Waals surface area contributed by atoms with Crippen LogP contribution in [-0.2, 0) is 11.2 Å². The number of benzene rings is 2. The van der Waals surface area contributed by atoms with Gasteiger partial charge < -0.3 is 25.2 Å². The van der Waals surface area contributed by atoms with E-state index in [0.29, 0.717) is 56.4 Å². The third-order valence-corrected chi connectivity index (χ3v) is 10.6. The maximum Gasteiger partial charge on any atom is 0.286 e. The number of likely N-dealkylation sites (tertiary alicyclic amines) is 2. The molecule has 2 aromatic rings. The molecule has 0 radical (unpaired) electrons. The molecule has 57 heavy (non-hydrogen) atoms. The van der Waals surface area contributed by atoms with Crippen molar-refractivity contribution in [3.05, 3.63) is 119 Å². The third-order valence-electron chi connectivity index (χ3n) is 10.6. The summed E-state index contributed by atoms with van der Waals surface area (Å²) in [6.07, 6.45) is 12.7. The minimum absolute atomic E-state index is 0.0406. The summed E-state index contributed by atoms with van der Waals surface area (Å²) in [6.45, 7) is 22.4. The highest BCUT2D eigenvalue weighted by atomic mass is 19.1. The number of likely N-dealkylation sites (N-methyl/N-ethyl adjacent to an activating group) is 1. The number of rotatable bonds is 18. The van der Waals surface area contributed by atoms with E-state index < -0.39 is 17.7 Å². The summed E-state index contributed by atoms with van der Waals surface area (Å²) in [5, 5.41) is 15.4. The molecule has 0 aromatic heterocycles. The lowest BCUT2D eigenvalue weighted by atomic mass is 9.99. The zero-order chi connectivity index (χ0) is 41.2. The first kappa shape index (κ1) is 42.3. The predicted molar refractivity (Wildman–Crippen MR) is 223 cm³/mol. The number of aliphatic imine (C=N–C) groups is 2. The zero-order valence-electron chi connectivity index (χ0n) is 33.3. The van der Waals surface area contributed by atoms with Crippen LogP contribution < -0.4 is 15.6 Å². The van der Waals surface area contributed by atoms with Crippen LogP contribution in [0.15, 0.2) is 106 Å². The van der Waals surface area contributed by atoms with Crippen molar-refractivity contribution in [1.82, 2.24) is 14.7 Å². The second-order valence-electron chi connectivity index (χ2n) is 14.6. The van der Waals surface area contributed by atoms with E-state index in [1.54, 1.807) is 24.4 Å². The topological polar surface area (TPSA) is 112 Å². The highest BCUT2D eigenvalue weighted by Crippen LogP contribution is 2.36. The lowest BCUT2D eigenvalue weighted by molar-refractivity contribution is 0.169. The van der Waals surface area contributed by atoms with E-state index in [2.05, 4.69) is 51.6 Å². The molecule has 0 bridgehead atoms. The normalized spacial score (nSPS) is 20.3. The number of nitrogens with zero attached hydrogens (tertiary/aromatic N) is 9. The van der Waals surface area contributed by atoms with Crippen molar-refractivity contribution >= 4 is 30.1 Å². The fourth-order valence-electron chi connectivity index (χ4n) is 7.46. The molecule has 2 fully saturated rings. The Morgan fingerprint density at radius 2 is 1.93 bits per heavy atom. The fourth-order valence-corrected chi connectivity index (χ4v) is 7.46. The molecule has 5 rings (SSSR count). The van der Waals surface area contributed by atoms with E-state index >= 15 is 4.39 Å². The number of hydrogen-bond acceptors (Lipinski definition) is 10. The Morgan fingerprint density at radius 1 is 1.16 bits per heavy atom. The van der Waals surface area contributed by atoms with Crippen LogP contribution >= 0.6 is 0 Å². The number of aryl methyl sites for hydroxylation is 1. The van der Waals surface area contributed by atoms with E-state index in [-0.39, 0.29) is 23.5 Å². The van der Waals surface area contributed by atoms with E-state index in [4.69, 9.17) is 15.5 Å². The number of anilines is 2. The van der Waals surface area contributed by atoms with Crippen molar-refractivity contribution in [2.24, 2.45) is 26.7 Å². The van der Waals surface area contributed by atoms with Gasteiger partial charge in [0.1, 0.15) is 29.2 Å². The molecule has 11 nitrogen and oxygen atoms in total. The Balaban J connectivity index is 1.43. The predicted octanol–water partition coefficient (Wildman–Crippen LogP) is 7.22. The first-order valence-corrected chi connectivity index (χ1v) is 19.1. The average molecular weight is 783 g/mol. The van der Waals surface area contributed by atoms with Crippen LogP contribution in [0.5, 0.6) is 0 Å². The second kappa shape index (κ2) is 19.4. The summed E-state index contributed by atoms with van der Waals surface area (Å²) >= 11 is 0. The molecule has 0 spiro atoms. The summed E-state index contributed by atoms with van der Waals surface area (Å²) in [6, 6.07) is 6.07. The summed E-state index contributed by atoms with van der Waals surface area (Å²) in [5.41, 5.74) is 10.2. The first-order chi connectivity index (χ1) is 27.4. The SMILES string of the molecule is C=N/C(=C1/C=NN(c2ccc(F)cc2F)C1=NCN1CCC1)N1CC(OC#N)CC1C(=C)N(C)CC(CC)CN(C(=C)C)c1c(C)cc(F)cc1C/C=C\C=C\N. The van der Waals surface area contributed by atoms with Crippen LogP contribution in [0.3, 0.4) is 0 Å². The summed E-state index contributed by atoms with van der Waals surface area (Å²) in [4.78, 5) is 17.7. The standard InChI is InChI=1S/C43H53F3N10O/c1-8-32(25-54(29(2)3)41-30(4)19-35(45)20-33(41)13-10-9-11-16-47)24-52(7)31(5)40-22-36(57-27-48)26-55(40)42(49-6)37-23-51-56(39-15-14-34(44)21-38(39)46)43(37)50-28-53-17-12-18-53/h9-11,14-16,19-21,23,32,36,40H,2,5-6,8,12-13,17-18,22,24-26,28,47H2,1,3-4,7H3/b10-9-,16-11+,42-37+,50-43?. The molecule has 0 saturated carbocycles. The zero-order valence-corrected chi connectivity index (χ0v) is 33.3. The van der Waals surface area contributed by atoms with E-state index in [0.717, 1.165) is 60.2 Å². The van der Waals surface area contributed by atoms with Gasteiger partial charge in [-0.2, -0.15) is 10.4 Å². The van der Waals surface area contributed by atoms with Gasteiger partial charge in [0.2, 0.25) is 0 Å². The lowest BCUT2D eigenvalue weighted by Gasteiger charge is -2.37. The van der Waals surface area contributed by atoms with Crippen LogP contribution in [0.1, 0.15) is 44.2 Å². The fraction of sp³-hybridized carbons (Fsp3) is 0.395. The van der Waals surface area contributed by atoms with Crippen LogP contribution in [0, 0.1) is 41.8 Å². The number of halogens is 3. The van der Waals surface area contributed by atoms with Crippen molar-refractivity contribution in [2.45, 2.75) is 58.6 Å². The van der Waals surface area contributed by atoms with Crippen LogP contribution in [0.2, 0.25) is 0 Å². The van der Waals surface area contributed by atoms with Gasteiger partial charge in [-0.3, -0.25) is 9.89 Å². The molecule has 0 aliphatic carbocycles. The van der Waals surface area contributed by atoms with Gasteiger partial charge in [0.25, 0.3) is 6.26 Å². The number of hydrogen-bond donors (Lipinski definition) is 1. The van der Waals surface area contributed by atoms with Gasteiger partial charge in [-0.15, -0.1) is 0 Å². The Hall–Kier alpha value is -5.81. The Morgan fingerprint density at radius 3 is 2.56 bits per heavy atom. The molecule has 3 aliphatic rings. The van der Waals surface area contributed by atoms with Gasteiger partial charge in [-0.25, -0.2) is 23.2 Å². The largest absolute Gasteiger partial charge is 0.422 e. The van der Waals surface area contributed by atoms with Crippen molar-refractivity contribution < 1.29 is 17.9 Å². The first-order valence-electron chi connectivity index (χ1n) is 19.1. The molecule has 0 amide bonds. The average Bonchev–Trinajstić information content (AvgIpc) is 3.76. The lowest BCUT2D eigenvalue weighted by Crippen LogP contribution is -2.40. The monoisotopic (exact) mass is 782 g/mol. The number of nitriles is 1. The highest BCUT2D eigenvalue weighted by Gasteiger charge is 2.40. The highest BCUT2D eigenvalue weighted by molar-refractivity contribution is 6.26. The molecular weight excluding hydrogens is 730 g/mol. The molecule has 2 aromatic carbocycles. The number of amidine groups is 1. The molecule has 3 atom stereocenters.